The lowest BCUT2D eigenvalue weighted by molar-refractivity contribution is -0.139. The van der Waals surface area contributed by atoms with Gasteiger partial charge in [-0.2, -0.15) is 0 Å². The van der Waals surface area contributed by atoms with E-state index in [9.17, 15) is 9.59 Å². The fourth-order valence-electron chi connectivity index (χ4n) is 3.70. The number of nitrogens with zero attached hydrogens (tertiary/aromatic N) is 1. The van der Waals surface area contributed by atoms with Gasteiger partial charge >= 0.3 is 5.97 Å². The summed E-state index contributed by atoms with van der Waals surface area (Å²) in [6, 6.07) is 3.56. The van der Waals surface area contributed by atoms with Crippen LogP contribution in [-0.2, 0) is 9.53 Å². The second kappa shape index (κ2) is 6.43. The molecule has 0 aliphatic carbocycles. The average molecular weight is 333 g/mol. The second-order valence-corrected chi connectivity index (χ2v) is 6.90. The first-order valence-corrected chi connectivity index (χ1v) is 8.23. The summed E-state index contributed by atoms with van der Waals surface area (Å²) in [4.78, 5) is 25.4. The van der Waals surface area contributed by atoms with Gasteiger partial charge < -0.3 is 19.5 Å². The maximum Gasteiger partial charge on any atom is 0.341 e. The molecule has 6 heteroatoms. The van der Waals surface area contributed by atoms with Crippen molar-refractivity contribution in [3.63, 3.8) is 0 Å². The molecule has 1 N–H and O–H groups in total. The van der Waals surface area contributed by atoms with Gasteiger partial charge in [-0.25, -0.2) is 4.79 Å². The summed E-state index contributed by atoms with van der Waals surface area (Å²) in [5.41, 5.74) is 2.32. The van der Waals surface area contributed by atoms with Gasteiger partial charge in [-0.05, 0) is 49.9 Å². The van der Waals surface area contributed by atoms with E-state index in [2.05, 4.69) is 0 Å². The lowest BCUT2D eigenvalue weighted by atomic mass is 9.87. The van der Waals surface area contributed by atoms with Gasteiger partial charge in [0.05, 0.1) is 6.61 Å². The Morgan fingerprint density at radius 2 is 2.00 bits per heavy atom. The molecule has 2 saturated heterocycles. The quantitative estimate of drug-likeness (QED) is 0.912. The van der Waals surface area contributed by atoms with Crippen molar-refractivity contribution in [1.82, 2.24) is 4.90 Å². The average Bonchev–Trinajstić information content (AvgIpc) is 3.16. The van der Waals surface area contributed by atoms with Gasteiger partial charge in [0.15, 0.2) is 6.61 Å². The van der Waals surface area contributed by atoms with Gasteiger partial charge in [0.1, 0.15) is 5.75 Å². The number of likely N-dealkylation sites (tertiary alicyclic amines) is 1. The molecule has 1 spiro atoms. The van der Waals surface area contributed by atoms with Gasteiger partial charge in [0, 0.05) is 30.7 Å². The molecular weight excluding hydrogens is 310 g/mol. The largest absolute Gasteiger partial charge is 0.481 e. The molecule has 2 heterocycles. The number of ether oxygens (including phenoxy) is 2. The van der Waals surface area contributed by atoms with Crippen LogP contribution in [0.5, 0.6) is 5.75 Å². The molecule has 1 aromatic carbocycles. The molecule has 1 amide bonds. The summed E-state index contributed by atoms with van der Waals surface area (Å²) in [6.45, 7) is 6.32. The molecule has 2 aliphatic heterocycles. The third kappa shape index (κ3) is 3.24. The van der Waals surface area contributed by atoms with Gasteiger partial charge in [-0.1, -0.05) is 0 Å². The van der Waals surface area contributed by atoms with E-state index >= 15 is 0 Å². The normalized spacial score (nSPS) is 23.0. The smallest absolute Gasteiger partial charge is 0.341 e. The minimum absolute atomic E-state index is 0.0229. The number of carboxylic acid groups (broad SMARTS) is 1. The van der Waals surface area contributed by atoms with E-state index in [4.69, 9.17) is 14.6 Å². The number of carbonyl (C=O) groups excluding carboxylic acids is 1. The molecule has 130 valence electrons. The molecule has 3 rings (SSSR count). The van der Waals surface area contributed by atoms with Gasteiger partial charge in [0.2, 0.25) is 0 Å². The van der Waals surface area contributed by atoms with Gasteiger partial charge in [-0.3, -0.25) is 4.79 Å². The van der Waals surface area contributed by atoms with E-state index in [1.807, 2.05) is 18.7 Å². The molecule has 0 aromatic heterocycles. The van der Waals surface area contributed by atoms with Crippen LogP contribution in [-0.4, -0.2) is 54.8 Å². The molecule has 6 nitrogen and oxygen atoms in total. The van der Waals surface area contributed by atoms with Crippen molar-refractivity contribution in [2.45, 2.75) is 26.7 Å². The molecule has 1 aromatic rings. The van der Waals surface area contributed by atoms with Crippen molar-refractivity contribution < 1.29 is 24.2 Å². The predicted octanol–water partition coefficient (Wildman–Crippen LogP) is 2.02. The fraction of sp³-hybridized carbons (Fsp3) is 0.556. The van der Waals surface area contributed by atoms with Gasteiger partial charge in [-0.15, -0.1) is 0 Å². The Bertz CT molecular complexity index is 640. The van der Waals surface area contributed by atoms with E-state index in [1.54, 1.807) is 12.1 Å². The van der Waals surface area contributed by atoms with Crippen LogP contribution in [0, 0.1) is 19.3 Å². The topological polar surface area (TPSA) is 76.1 Å². The Kier molecular flexibility index (Phi) is 4.49. The first-order valence-electron chi connectivity index (χ1n) is 8.23. The van der Waals surface area contributed by atoms with Crippen molar-refractivity contribution in [2.24, 2.45) is 5.41 Å². The van der Waals surface area contributed by atoms with E-state index in [0.29, 0.717) is 11.3 Å². The number of carbonyl (C=O) groups is 2. The highest BCUT2D eigenvalue weighted by Crippen LogP contribution is 2.38. The zero-order valence-corrected chi connectivity index (χ0v) is 14.1. The zero-order valence-electron chi connectivity index (χ0n) is 14.1. The van der Waals surface area contributed by atoms with Crippen LogP contribution in [0.2, 0.25) is 0 Å². The number of hydrogen-bond donors (Lipinski definition) is 1. The minimum Gasteiger partial charge on any atom is -0.481 e. The number of carboxylic acids is 1. The molecule has 1 unspecified atom stereocenters. The minimum atomic E-state index is -1.02. The lowest BCUT2D eigenvalue weighted by Gasteiger charge is -2.22. The monoisotopic (exact) mass is 333 g/mol. The molecule has 0 bridgehead atoms. The number of rotatable bonds is 4. The van der Waals surface area contributed by atoms with E-state index in [1.165, 1.54) is 0 Å². The van der Waals surface area contributed by atoms with Crippen molar-refractivity contribution >= 4 is 11.9 Å². The molecule has 24 heavy (non-hydrogen) atoms. The Hall–Kier alpha value is -2.08. The number of aryl methyl sites for hydroxylation is 2. The highest BCUT2D eigenvalue weighted by Gasteiger charge is 2.42. The first kappa shape index (κ1) is 16.8. The summed E-state index contributed by atoms with van der Waals surface area (Å²) in [7, 11) is 0. The SMILES string of the molecule is Cc1cc(C(=O)N2CCC3(CCOC3)C2)cc(C)c1OCC(=O)O. The lowest BCUT2D eigenvalue weighted by Crippen LogP contribution is -2.32. The van der Waals surface area contributed by atoms with Crippen LogP contribution in [0.3, 0.4) is 0 Å². The zero-order chi connectivity index (χ0) is 17.3. The summed E-state index contributed by atoms with van der Waals surface area (Å²) >= 11 is 0. The Labute approximate surface area is 141 Å². The molecule has 0 saturated carbocycles. The van der Waals surface area contributed by atoms with Crippen molar-refractivity contribution in [3.8, 4) is 5.75 Å². The number of benzene rings is 1. The summed E-state index contributed by atoms with van der Waals surface area (Å²) in [5, 5.41) is 8.75. The van der Waals surface area contributed by atoms with Crippen LogP contribution in [0.1, 0.15) is 34.3 Å². The van der Waals surface area contributed by atoms with E-state index in [-0.39, 0.29) is 17.9 Å². The van der Waals surface area contributed by atoms with Crippen molar-refractivity contribution in [1.29, 1.82) is 0 Å². The molecule has 0 radical (unpaired) electrons. The number of aliphatic carboxylic acids is 1. The summed E-state index contributed by atoms with van der Waals surface area (Å²) in [5.74, 6) is -0.458. The molecule has 2 fully saturated rings. The van der Waals surface area contributed by atoms with E-state index in [0.717, 1.165) is 50.3 Å². The highest BCUT2D eigenvalue weighted by atomic mass is 16.5. The van der Waals surface area contributed by atoms with Crippen molar-refractivity contribution in [3.05, 3.63) is 28.8 Å². The standard InChI is InChI=1S/C18H23NO5/c1-12-7-14(8-13(2)16(12)24-9-15(20)21)17(22)19-5-3-18(10-19)4-6-23-11-18/h7-8H,3-6,9-11H2,1-2H3,(H,20,21). The van der Waals surface area contributed by atoms with E-state index < -0.39 is 5.97 Å². The number of hydrogen-bond acceptors (Lipinski definition) is 4. The molecule has 2 aliphatic rings. The predicted molar refractivity (Wildman–Crippen MR) is 87.4 cm³/mol. The Morgan fingerprint density at radius 1 is 1.29 bits per heavy atom. The van der Waals surface area contributed by atoms with Crippen molar-refractivity contribution in [2.75, 3.05) is 32.9 Å². The Morgan fingerprint density at radius 3 is 2.58 bits per heavy atom. The second-order valence-electron chi connectivity index (χ2n) is 6.90. The maximum atomic E-state index is 12.8. The number of amides is 1. The first-order chi connectivity index (χ1) is 11.4. The van der Waals surface area contributed by atoms with Crippen LogP contribution < -0.4 is 4.74 Å². The van der Waals surface area contributed by atoms with Gasteiger partial charge in [0.25, 0.3) is 5.91 Å². The maximum absolute atomic E-state index is 12.8. The Balaban J connectivity index is 1.75. The molecular formula is C18H23NO5. The van der Waals surface area contributed by atoms with Crippen LogP contribution in [0.25, 0.3) is 0 Å². The highest BCUT2D eigenvalue weighted by molar-refractivity contribution is 5.95. The third-order valence-corrected chi connectivity index (χ3v) is 4.96. The molecule has 1 atom stereocenters. The van der Waals surface area contributed by atoms with Crippen LogP contribution in [0.4, 0.5) is 0 Å². The third-order valence-electron chi connectivity index (χ3n) is 4.96. The van der Waals surface area contributed by atoms with Crippen LogP contribution >= 0.6 is 0 Å². The summed E-state index contributed by atoms with van der Waals surface area (Å²) in [6.07, 6.45) is 2.02. The van der Waals surface area contributed by atoms with Crippen LogP contribution in [0.15, 0.2) is 12.1 Å². The summed E-state index contributed by atoms with van der Waals surface area (Å²) < 4.78 is 10.8. The fourth-order valence-corrected chi connectivity index (χ4v) is 3.70.